The van der Waals surface area contributed by atoms with Crippen molar-refractivity contribution in [2.24, 2.45) is 0 Å². The molecule has 0 bridgehead atoms. The maximum absolute atomic E-state index is 13.4. The molecule has 0 spiro atoms. The first-order valence-corrected chi connectivity index (χ1v) is 8.67. The van der Waals surface area contributed by atoms with Gasteiger partial charge >= 0.3 is 12.1 Å². The lowest BCUT2D eigenvalue weighted by Crippen LogP contribution is -2.33. The molecular formula is C14H8F5N3O3S. The molecule has 26 heavy (non-hydrogen) atoms. The Hall–Kier alpha value is -2.63. The highest BCUT2D eigenvalue weighted by atomic mass is 32.2. The molecule has 3 aromatic rings. The summed E-state index contributed by atoms with van der Waals surface area (Å²) in [6, 6.07) is 3.05. The van der Waals surface area contributed by atoms with Crippen molar-refractivity contribution in [1.29, 1.82) is 0 Å². The highest BCUT2D eigenvalue weighted by Crippen LogP contribution is 2.44. The van der Waals surface area contributed by atoms with Gasteiger partial charge in [0.25, 0.3) is 0 Å². The van der Waals surface area contributed by atoms with Crippen LogP contribution in [0.25, 0.3) is 22.8 Å². The Labute approximate surface area is 142 Å². The molecule has 0 unspecified atom stereocenters. The average Bonchev–Trinajstić information content (AvgIpc) is 2.96. The Balaban J connectivity index is 2.16. The van der Waals surface area contributed by atoms with Crippen molar-refractivity contribution in [1.82, 2.24) is 15.0 Å². The number of hydrogen-bond acceptors (Lipinski definition) is 6. The van der Waals surface area contributed by atoms with Gasteiger partial charge in [-0.3, -0.25) is 0 Å². The predicted molar refractivity (Wildman–Crippen MR) is 78.1 cm³/mol. The van der Waals surface area contributed by atoms with Gasteiger partial charge in [-0.05, 0) is 18.2 Å². The Morgan fingerprint density at radius 2 is 1.81 bits per heavy atom. The molecule has 0 aromatic carbocycles. The van der Waals surface area contributed by atoms with Crippen molar-refractivity contribution >= 4 is 21.1 Å². The van der Waals surface area contributed by atoms with Crippen LogP contribution in [0.2, 0.25) is 0 Å². The molecular weight excluding hydrogens is 385 g/mol. The summed E-state index contributed by atoms with van der Waals surface area (Å²) < 4.78 is 93.0. The van der Waals surface area contributed by atoms with Gasteiger partial charge in [0.05, 0.1) is 10.5 Å². The molecule has 3 heterocycles. The SMILES string of the molecule is CS(=O)(=O)c1cccnc1-c1nc2cc(C(F)(F)C(F)(F)F)cnc2o1. The number of halogens is 5. The maximum atomic E-state index is 13.4. The minimum absolute atomic E-state index is 0.211. The molecule has 0 N–H and O–H groups in total. The summed E-state index contributed by atoms with van der Waals surface area (Å²) in [7, 11) is -3.72. The van der Waals surface area contributed by atoms with Gasteiger partial charge in [0.15, 0.2) is 9.84 Å². The molecule has 0 radical (unpaired) electrons. The second-order valence-electron chi connectivity index (χ2n) is 5.26. The molecule has 12 heteroatoms. The van der Waals surface area contributed by atoms with Crippen molar-refractivity contribution in [3.63, 3.8) is 0 Å². The summed E-state index contributed by atoms with van der Waals surface area (Å²) in [5.41, 5.74) is -2.36. The third-order valence-electron chi connectivity index (χ3n) is 3.34. The van der Waals surface area contributed by atoms with Crippen LogP contribution in [-0.2, 0) is 15.8 Å². The van der Waals surface area contributed by atoms with Crippen molar-refractivity contribution in [2.45, 2.75) is 17.0 Å². The molecule has 0 aliphatic heterocycles. The number of rotatable bonds is 3. The van der Waals surface area contributed by atoms with Crippen LogP contribution in [0, 0.1) is 0 Å². The van der Waals surface area contributed by atoms with E-state index in [2.05, 4.69) is 15.0 Å². The predicted octanol–water partition coefficient (Wildman–Crippen LogP) is 3.34. The summed E-state index contributed by atoms with van der Waals surface area (Å²) in [4.78, 5) is 10.8. The molecule has 0 saturated heterocycles. The van der Waals surface area contributed by atoms with Gasteiger partial charge in [-0.25, -0.2) is 23.4 Å². The van der Waals surface area contributed by atoms with Crippen LogP contribution in [0.3, 0.4) is 0 Å². The molecule has 6 nitrogen and oxygen atoms in total. The Morgan fingerprint density at radius 3 is 2.42 bits per heavy atom. The van der Waals surface area contributed by atoms with E-state index in [1.807, 2.05) is 0 Å². The number of nitrogens with zero attached hydrogens (tertiary/aromatic N) is 3. The fourth-order valence-corrected chi connectivity index (χ4v) is 2.93. The minimum atomic E-state index is -5.81. The summed E-state index contributed by atoms with van der Waals surface area (Å²) in [6.07, 6.45) is -3.33. The van der Waals surface area contributed by atoms with Gasteiger partial charge in [-0.15, -0.1) is 0 Å². The zero-order valence-electron chi connectivity index (χ0n) is 12.8. The Bertz CT molecular complexity index is 1090. The largest absolute Gasteiger partial charge is 0.458 e. The number of fused-ring (bicyclic) bond motifs is 1. The molecule has 3 rings (SSSR count). The van der Waals surface area contributed by atoms with Crippen LogP contribution >= 0.6 is 0 Å². The van der Waals surface area contributed by atoms with Gasteiger partial charge in [-0.2, -0.15) is 22.0 Å². The van der Waals surface area contributed by atoms with Crippen LogP contribution < -0.4 is 0 Å². The summed E-state index contributed by atoms with van der Waals surface area (Å²) in [6.45, 7) is 0. The Kier molecular flexibility index (Phi) is 3.98. The van der Waals surface area contributed by atoms with E-state index >= 15 is 0 Å². The highest BCUT2D eigenvalue weighted by molar-refractivity contribution is 7.90. The Morgan fingerprint density at radius 1 is 1.12 bits per heavy atom. The fourth-order valence-electron chi connectivity index (χ4n) is 2.11. The number of pyridine rings is 2. The van der Waals surface area contributed by atoms with E-state index in [4.69, 9.17) is 4.42 Å². The smallest absolute Gasteiger partial charge is 0.416 e. The van der Waals surface area contributed by atoms with Crippen molar-refractivity contribution in [2.75, 3.05) is 6.26 Å². The molecule has 0 fully saturated rings. The third-order valence-corrected chi connectivity index (χ3v) is 4.47. The van der Waals surface area contributed by atoms with E-state index in [0.29, 0.717) is 12.3 Å². The molecule has 0 aliphatic carbocycles. The number of alkyl halides is 5. The second-order valence-corrected chi connectivity index (χ2v) is 7.25. The van der Waals surface area contributed by atoms with E-state index in [0.717, 1.165) is 6.26 Å². The lowest BCUT2D eigenvalue weighted by molar-refractivity contribution is -0.289. The first-order valence-electron chi connectivity index (χ1n) is 6.78. The topological polar surface area (TPSA) is 86.0 Å². The maximum Gasteiger partial charge on any atom is 0.458 e. The number of hydrogen-bond donors (Lipinski definition) is 0. The van der Waals surface area contributed by atoms with Crippen LogP contribution in [0.15, 0.2) is 39.9 Å². The van der Waals surface area contributed by atoms with Gasteiger partial charge < -0.3 is 4.42 Å². The number of oxazole rings is 1. The fraction of sp³-hybridized carbons (Fsp3) is 0.214. The first kappa shape index (κ1) is 18.2. The van der Waals surface area contributed by atoms with E-state index in [9.17, 15) is 30.4 Å². The van der Waals surface area contributed by atoms with Crippen LogP contribution in [0.1, 0.15) is 5.56 Å². The summed E-state index contributed by atoms with van der Waals surface area (Å²) in [5.74, 6) is -5.50. The minimum Gasteiger partial charge on any atom is -0.416 e. The summed E-state index contributed by atoms with van der Waals surface area (Å²) >= 11 is 0. The van der Waals surface area contributed by atoms with Gasteiger partial charge in [0.2, 0.25) is 11.6 Å². The van der Waals surface area contributed by atoms with Crippen LogP contribution in [0.5, 0.6) is 0 Å². The number of sulfone groups is 1. The zero-order chi connectivity index (χ0) is 19.3. The van der Waals surface area contributed by atoms with Gasteiger partial charge in [0, 0.05) is 18.6 Å². The molecule has 138 valence electrons. The van der Waals surface area contributed by atoms with E-state index in [-0.39, 0.29) is 22.2 Å². The van der Waals surface area contributed by atoms with E-state index < -0.39 is 33.0 Å². The van der Waals surface area contributed by atoms with Gasteiger partial charge in [-0.1, -0.05) is 0 Å². The standard InChI is InChI=1S/C14H8F5N3O3S/c1-26(23,24)9-3-2-4-20-10(9)12-22-8-5-7(6-21-11(8)25-12)13(15,16)14(17,18)19/h2-6H,1H3. The lowest BCUT2D eigenvalue weighted by atomic mass is 10.1. The zero-order valence-corrected chi connectivity index (χ0v) is 13.6. The molecule has 0 aliphatic rings. The molecule has 0 amide bonds. The lowest BCUT2D eigenvalue weighted by Gasteiger charge is -2.18. The normalized spacial score (nSPS) is 13.3. The monoisotopic (exact) mass is 393 g/mol. The van der Waals surface area contributed by atoms with Crippen LogP contribution in [0.4, 0.5) is 22.0 Å². The summed E-state index contributed by atoms with van der Waals surface area (Å²) in [5, 5.41) is 0. The average molecular weight is 393 g/mol. The highest BCUT2D eigenvalue weighted by Gasteiger charge is 2.59. The van der Waals surface area contributed by atoms with Crippen molar-refractivity contribution in [3.8, 4) is 11.6 Å². The first-order chi connectivity index (χ1) is 11.9. The number of aromatic nitrogens is 3. The quantitative estimate of drug-likeness (QED) is 0.635. The van der Waals surface area contributed by atoms with Crippen LogP contribution in [-0.4, -0.2) is 35.8 Å². The van der Waals surface area contributed by atoms with Crippen molar-refractivity contribution in [3.05, 3.63) is 36.2 Å². The third kappa shape index (κ3) is 3.00. The molecule has 0 saturated carbocycles. The van der Waals surface area contributed by atoms with E-state index in [1.165, 1.54) is 18.3 Å². The van der Waals surface area contributed by atoms with Crippen molar-refractivity contribution < 1.29 is 34.8 Å². The molecule has 3 aromatic heterocycles. The second kappa shape index (κ2) is 5.69. The van der Waals surface area contributed by atoms with Gasteiger partial charge in [0.1, 0.15) is 11.2 Å². The van der Waals surface area contributed by atoms with E-state index in [1.54, 1.807) is 0 Å². The molecule has 0 atom stereocenters.